The van der Waals surface area contributed by atoms with Gasteiger partial charge in [0.1, 0.15) is 0 Å². The number of nitrogens with zero attached hydrogens (tertiary/aromatic N) is 1. The molecule has 0 fully saturated rings. The van der Waals surface area contributed by atoms with E-state index in [-0.39, 0.29) is 36.2 Å². The van der Waals surface area contributed by atoms with Gasteiger partial charge in [-0.3, -0.25) is 14.5 Å². The number of hydrogen-bond acceptors (Lipinski definition) is 4. The second kappa shape index (κ2) is 6.48. The van der Waals surface area contributed by atoms with Crippen molar-refractivity contribution in [3.63, 3.8) is 0 Å². The molecule has 2 heterocycles. The third-order valence-electron chi connectivity index (χ3n) is 5.96. The summed E-state index contributed by atoms with van der Waals surface area (Å²) in [5.41, 5.74) is 3.18. The molecule has 2 aliphatic heterocycles. The van der Waals surface area contributed by atoms with Crippen LogP contribution in [-0.4, -0.2) is 18.5 Å². The first kappa shape index (κ1) is 18.0. The average Bonchev–Trinajstić information content (AvgIpc) is 3.14. The maximum atomic E-state index is 13.3. The van der Waals surface area contributed by atoms with Gasteiger partial charge in [0.15, 0.2) is 17.3 Å². The van der Waals surface area contributed by atoms with Crippen LogP contribution in [0.25, 0.3) is 0 Å². The molecule has 1 atom stereocenters. The van der Waals surface area contributed by atoms with Crippen molar-refractivity contribution in [3.05, 3.63) is 65.4 Å². The van der Waals surface area contributed by atoms with Gasteiger partial charge in [-0.15, -0.1) is 0 Å². The number of ketones is 1. The second-order valence-corrected chi connectivity index (χ2v) is 8.74. The second-order valence-electron chi connectivity index (χ2n) is 8.74. The summed E-state index contributed by atoms with van der Waals surface area (Å²) in [6.45, 7) is 4.38. The zero-order valence-electron chi connectivity index (χ0n) is 16.6. The lowest BCUT2D eigenvalue weighted by atomic mass is 9.69. The van der Waals surface area contributed by atoms with Gasteiger partial charge in [-0.1, -0.05) is 38.1 Å². The van der Waals surface area contributed by atoms with Crippen LogP contribution >= 0.6 is 0 Å². The zero-order valence-corrected chi connectivity index (χ0v) is 16.6. The van der Waals surface area contributed by atoms with E-state index in [2.05, 4.69) is 13.8 Å². The Morgan fingerprint density at radius 1 is 0.966 bits per heavy atom. The SMILES string of the molecule is CC1(C)CC(=O)C2=C(C1)N(c1ccccc1)C(=O)CC2c1ccc2c(c1)OCO2. The standard InChI is InChI=1S/C24H23NO4/c1-24(2)12-18-23(19(26)13-24)17(15-8-9-20-21(10-15)29-14-28-20)11-22(27)25(18)16-6-4-3-5-7-16/h3-10,17H,11-14H2,1-2H3. The van der Waals surface area contributed by atoms with Crippen molar-refractivity contribution in [2.75, 3.05) is 11.7 Å². The highest BCUT2D eigenvalue weighted by atomic mass is 16.7. The van der Waals surface area contributed by atoms with Crippen molar-refractivity contribution in [1.29, 1.82) is 0 Å². The summed E-state index contributed by atoms with van der Waals surface area (Å²) in [4.78, 5) is 28.4. The predicted octanol–water partition coefficient (Wildman–Crippen LogP) is 4.58. The van der Waals surface area contributed by atoms with E-state index in [0.717, 1.165) is 22.5 Å². The number of Topliss-reactive ketones (excluding diaryl/α,β-unsaturated/α-hetero) is 1. The normalized spacial score (nSPS) is 22.7. The van der Waals surface area contributed by atoms with Crippen molar-refractivity contribution in [3.8, 4) is 11.5 Å². The first-order valence-electron chi connectivity index (χ1n) is 9.97. The Bertz CT molecular complexity index is 1040. The van der Waals surface area contributed by atoms with E-state index in [1.54, 1.807) is 4.90 Å². The minimum absolute atomic E-state index is 0.0168. The maximum absolute atomic E-state index is 13.3. The third-order valence-corrected chi connectivity index (χ3v) is 5.96. The van der Waals surface area contributed by atoms with Crippen molar-refractivity contribution < 1.29 is 19.1 Å². The fourth-order valence-corrected chi connectivity index (χ4v) is 4.71. The van der Waals surface area contributed by atoms with Crippen LogP contribution < -0.4 is 14.4 Å². The number of carbonyl (C=O) groups excluding carboxylic acids is 2. The van der Waals surface area contributed by atoms with E-state index >= 15 is 0 Å². The van der Waals surface area contributed by atoms with Crippen molar-refractivity contribution in [1.82, 2.24) is 0 Å². The molecule has 0 N–H and O–H groups in total. The molecule has 0 saturated carbocycles. The number of allylic oxidation sites excluding steroid dienone is 2. The molecular formula is C24H23NO4. The van der Waals surface area contributed by atoms with Gasteiger partial charge in [-0.2, -0.15) is 0 Å². The number of hydrogen-bond donors (Lipinski definition) is 0. The Hall–Kier alpha value is -3.08. The monoisotopic (exact) mass is 389 g/mol. The molecule has 0 spiro atoms. The minimum Gasteiger partial charge on any atom is -0.454 e. The summed E-state index contributed by atoms with van der Waals surface area (Å²) >= 11 is 0. The number of amides is 1. The molecule has 5 rings (SSSR count). The van der Waals surface area contributed by atoms with Gasteiger partial charge >= 0.3 is 0 Å². The summed E-state index contributed by atoms with van der Waals surface area (Å²) in [6, 6.07) is 15.3. The van der Waals surface area contributed by atoms with Gasteiger partial charge in [0.2, 0.25) is 12.7 Å². The molecule has 2 aromatic rings. The van der Waals surface area contributed by atoms with E-state index in [0.29, 0.717) is 24.3 Å². The number of para-hydroxylation sites is 1. The summed E-state index contributed by atoms with van der Waals surface area (Å²) in [7, 11) is 0. The predicted molar refractivity (Wildman–Crippen MR) is 109 cm³/mol. The van der Waals surface area contributed by atoms with Gasteiger partial charge in [0.05, 0.1) is 0 Å². The molecule has 0 saturated heterocycles. The Morgan fingerprint density at radius 2 is 1.72 bits per heavy atom. The van der Waals surface area contributed by atoms with E-state index in [9.17, 15) is 9.59 Å². The molecule has 5 nitrogen and oxygen atoms in total. The molecule has 29 heavy (non-hydrogen) atoms. The number of carbonyl (C=O) groups is 2. The van der Waals surface area contributed by atoms with Crippen LogP contribution in [0.2, 0.25) is 0 Å². The van der Waals surface area contributed by atoms with Gasteiger partial charge in [-0.05, 0) is 41.7 Å². The molecule has 1 aliphatic carbocycles. The Balaban J connectivity index is 1.66. The quantitative estimate of drug-likeness (QED) is 0.754. The first-order chi connectivity index (χ1) is 13.9. The van der Waals surface area contributed by atoms with Crippen LogP contribution in [0.4, 0.5) is 5.69 Å². The van der Waals surface area contributed by atoms with Crippen LogP contribution in [0.15, 0.2) is 59.8 Å². The van der Waals surface area contributed by atoms with Crippen LogP contribution in [-0.2, 0) is 9.59 Å². The van der Waals surface area contributed by atoms with Crippen LogP contribution in [0.1, 0.15) is 44.6 Å². The number of rotatable bonds is 2. The molecule has 148 valence electrons. The Kier molecular flexibility index (Phi) is 4.02. The molecule has 1 unspecified atom stereocenters. The molecular weight excluding hydrogens is 366 g/mol. The summed E-state index contributed by atoms with van der Waals surface area (Å²) in [6.07, 6.45) is 1.44. The lowest BCUT2D eigenvalue weighted by molar-refractivity contribution is -0.121. The van der Waals surface area contributed by atoms with Crippen LogP contribution in [0.3, 0.4) is 0 Å². The molecule has 0 aromatic heterocycles. The number of benzene rings is 2. The smallest absolute Gasteiger partial charge is 0.232 e. The average molecular weight is 389 g/mol. The molecule has 1 amide bonds. The summed E-state index contributed by atoms with van der Waals surface area (Å²) in [5.74, 6) is 1.27. The number of anilines is 1. The molecule has 2 aromatic carbocycles. The van der Waals surface area contributed by atoms with Crippen molar-refractivity contribution in [2.24, 2.45) is 5.41 Å². The zero-order chi connectivity index (χ0) is 20.2. The number of ether oxygens (including phenoxy) is 2. The van der Waals surface area contributed by atoms with Crippen molar-refractivity contribution in [2.45, 2.75) is 39.0 Å². The molecule has 3 aliphatic rings. The number of fused-ring (bicyclic) bond motifs is 1. The molecule has 5 heteroatoms. The third kappa shape index (κ3) is 3.01. The van der Waals surface area contributed by atoms with Crippen LogP contribution in [0, 0.1) is 5.41 Å². The topological polar surface area (TPSA) is 55.8 Å². The Morgan fingerprint density at radius 3 is 2.52 bits per heavy atom. The Labute approximate surface area is 169 Å². The fourth-order valence-electron chi connectivity index (χ4n) is 4.71. The first-order valence-corrected chi connectivity index (χ1v) is 9.97. The highest BCUT2D eigenvalue weighted by Gasteiger charge is 2.44. The van der Waals surface area contributed by atoms with E-state index in [1.807, 2.05) is 48.5 Å². The van der Waals surface area contributed by atoms with Gasteiger partial charge in [-0.25, -0.2) is 0 Å². The molecule has 0 bridgehead atoms. The van der Waals surface area contributed by atoms with Crippen LogP contribution in [0.5, 0.6) is 11.5 Å². The summed E-state index contributed by atoms with van der Waals surface area (Å²) in [5, 5.41) is 0. The maximum Gasteiger partial charge on any atom is 0.232 e. The van der Waals surface area contributed by atoms with E-state index in [1.165, 1.54) is 0 Å². The fraction of sp³-hybridized carbons (Fsp3) is 0.333. The van der Waals surface area contributed by atoms with E-state index < -0.39 is 0 Å². The largest absolute Gasteiger partial charge is 0.454 e. The van der Waals surface area contributed by atoms with Gasteiger partial charge < -0.3 is 9.47 Å². The highest BCUT2D eigenvalue weighted by molar-refractivity contribution is 6.07. The lowest BCUT2D eigenvalue weighted by Crippen LogP contribution is -2.43. The highest BCUT2D eigenvalue weighted by Crippen LogP contribution is 2.49. The van der Waals surface area contributed by atoms with Crippen molar-refractivity contribution >= 4 is 17.4 Å². The van der Waals surface area contributed by atoms with Gasteiger partial charge in [0.25, 0.3) is 0 Å². The summed E-state index contributed by atoms with van der Waals surface area (Å²) < 4.78 is 10.9. The lowest BCUT2D eigenvalue weighted by Gasteiger charge is -2.43. The van der Waals surface area contributed by atoms with Gasteiger partial charge in [0, 0.05) is 35.7 Å². The minimum atomic E-state index is -0.254. The molecule has 0 radical (unpaired) electrons. The van der Waals surface area contributed by atoms with E-state index in [4.69, 9.17) is 9.47 Å².